The quantitative estimate of drug-likeness (QED) is 0.693. The van der Waals surface area contributed by atoms with Crippen LogP contribution in [0.1, 0.15) is 61.4 Å². The van der Waals surface area contributed by atoms with Crippen molar-refractivity contribution >= 4 is 11.7 Å². The molecule has 0 saturated carbocycles. The lowest BCUT2D eigenvalue weighted by atomic mass is 9.91. The molecule has 1 aliphatic heterocycles. The van der Waals surface area contributed by atoms with Crippen LogP contribution in [0.5, 0.6) is 0 Å². The molecule has 3 rings (SSSR count). The largest absolute Gasteiger partial charge is 0.365 e. The van der Waals surface area contributed by atoms with Crippen LogP contribution < -0.4 is 5.73 Å². The van der Waals surface area contributed by atoms with Gasteiger partial charge in [0, 0.05) is 24.2 Å². The van der Waals surface area contributed by atoms with Gasteiger partial charge in [0.2, 0.25) is 0 Å². The first-order valence-electron chi connectivity index (χ1n) is 10.4. The van der Waals surface area contributed by atoms with Crippen LogP contribution in [0.3, 0.4) is 0 Å². The Hall–Kier alpha value is -2.74. The van der Waals surface area contributed by atoms with Crippen LogP contribution in [0.4, 0.5) is 13.2 Å². The topological polar surface area (TPSA) is 76.3 Å². The Kier molecular flexibility index (Phi) is 13.8. The van der Waals surface area contributed by atoms with Gasteiger partial charge in [0.25, 0.3) is 5.91 Å². The van der Waals surface area contributed by atoms with E-state index in [0.29, 0.717) is 17.8 Å². The minimum absolute atomic E-state index is 0.177. The third-order valence-electron chi connectivity index (χ3n) is 4.26. The van der Waals surface area contributed by atoms with Crippen molar-refractivity contribution in [3.05, 3.63) is 65.2 Å². The van der Waals surface area contributed by atoms with Crippen molar-refractivity contribution in [2.75, 3.05) is 20.1 Å². The van der Waals surface area contributed by atoms with Crippen molar-refractivity contribution < 1.29 is 22.8 Å². The van der Waals surface area contributed by atoms with E-state index in [0.717, 1.165) is 25.9 Å². The van der Waals surface area contributed by atoms with Gasteiger partial charge in [-0.25, -0.2) is 13.2 Å². The summed E-state index contributed by atoms with van der Waals surface area (Å²) in [5.41, 5.74) is 4.32. The maximum atomic E-state index is 12.6. The lowest BCUT2D eigenvalue weighted by Crippen LogP contribution is -2.33. The van der Waals surface area contributed by atoms with E-state index in [4.69, 9.17) is 0 Å². The molecule has 2 heterocycles. The van der Waals surface area contributed by atoms with Crippen molar-refractivity contribution in [3.63, 3.8) is 0 Å². The molecule has 1 aromatic heterocycles. The number of nitrogens with zero attached hydrogens (tertiary/aromatic N) is 2. The molecule has 172 valence electrons. The highest BCUT2D eigenvalue weighted by Gasteiger charge is 2.24. The van der Waals surface area contributed by atoms with E-state index in [1.165, 1.54) is 0 Å². The van der Waals surface area contributed by atoms with Crippen LogP contribution in [0, 0.1) is 23.4 Å². The molecular weight excluding hydrogens is 407 g/mol. The van der Waals surface area contributed by atoms with E-state index in [-0.39, 0.29) is 11.7 Å². The normalized spacial score (nSPS) is 13.4. The van der Waals surface area contributed by atoms with E-state index in [2.05, 4.69) is 22.7 Å². The maximum absolute atomic E-state index is 12.6. The number of rotatable bonds is 3. The second-order valence-corrected chi connectivity index (χ2v) is 6.27. The number of nitrogens with two attached hydrogens (primary N) is 1. The molecule has 8 heteroatoms. The summed E-state index contributed by atoms with van der Waals surface area (Å²) in [4.78, 5) is 28.8. The number of carbonyl (C=O) groups excluding carboxylic acids is 2. The van der Waals surface area contributed by atoms with Crippen molar-refractivity contribution in [2.24, 2.45) is 11.7 Å². The molecule has 0 unspecified atom stereocenters. The van der Waals surface area contributed by atoms with Crippen molar-refractivity contribution in [1.82, 2.24) is 9.88 Å². The van der Waals surface area contributed by atoms with Crippen LogP contribution in [0.15, 0.2) is 36.5 Å². The molecule has 1 aromatic carbocycles. The van der Waals surface area contributed by atoms with Gasteiger partial charge >= 0.3 is 0 Å². The first-order valence-corrected chi connectivity index (χ1v) is 10.4. The third kappa shape index (κ3) is 9.29. The molecule has 1 amide bonds. The van der Waals surface area contributed by atoms with Crippen LogP contribution in [0.25, 0.3) is 0 Å². The Morgan fingerprint density at radius 3 is 1.94 bits per heavy atom. The van der Waals surface area contributed by atoms with Crippen LogP contribution in [-0.4, -0.2) is 41.7 Å². The molecule has 1 fully saturated rings. The van der Waals surface area contributed by atoms with Gasteiger partial charge in [0.05, 0.1) is 0 Å². The average molecular weight is 440 g/mol. The van der Waals surface area contributed by atoms with Gasteiger partial charge in [-0.1, -0.05) is 33.8 Å². The van der Waals surface area contributed by atoms with E-state index >= 15 is 0 Å². The van der Waals surface area contributed by atoms with E-state index in [1.54, 1.807) is 12.3 Å². The minimum Gasteiger partial charge on any atom is -0.365 e. The fourth-order valence-electron chi connectivity index (χ4n) is 2.77. The molecule has 0 spiro atoms. The highest BCUT2D eigenvalue weighted by Crippen LogP contribution is 2.19. The van der Waals surface area contributed by atoms with Crippen LogP contribution in [0.2, 0.25) is 0 Å². The summed E-state index contributed by atoms with van der Waals surface area (Å²) < 4.78 is 37.4. The second kappa shape index (κ2) is 15.1. The van der Waals surface area contributed by atoms with Crippen LogP contribution in [-0.2, 0) is 0 Å². The predicted octanol–water partition coefficient (Wildman–Crippen LogP) is 4.86. The van der Waals surface area contributed by atoms with Gasteiger partial charge in [0.15, 0.2) is 5.78 Å². The average Bonchev–Trinajstić information content (AvgIpc) is 2.77. The summed E-state index contributed by atoms with van der Waals surface area (Å²) in [6, 6.07) is 6.30. The minimum atomic E-state index is -1.29. The molecule has 5 nitrogen and oxygen atoms in total. The number of amides is 1. The number of pyridine rings is 1. The number of primary amides is 1. The summed E-state index contributed by atoms with van der Waals surface area (Å²) in [5.74, 6) is -4.54. The van der Waals surface area contributed by atoms with Gasteiger partial charge in [-0.2, -0.15) is 0 Å². The highest BCUT2D eigenvalue weighted by molar-refractivity contribution is 5.96. The van der Waals surface area contributed by atoms with Gasteiger partial charge < -0.3 is 10.6 Å². The first kappa shape index (κ1) is 28.3. The number of Topliss-reactive ketones (excluding diaryl/α,β-unsaturated/α-hetero) is 1. The SMILES string of the molecule is CC.CC.CN1CCC(C(=O)c2ccccn2)CC1.NC(=O)c1c(F)cc(F)cc1F. The summed E-state index contributed by atoms with van der Waals surface area (Å²) in [7, 11) is 2.10. The lowest BCUT2D eigenvalue weighted by Gasteiger charge is -2.27. The Labute approximate surface area is 182 Å². The zero-order valence-corrected chi connectivity index (χ0v) is 18.8. The van der Waals surface area contributed by atoms with Crippen molar-refractivity contribution in [1.29, 1.82) is 0 Å². The number of benzene rings is 1. The molecule has 2 aromatic rings. The van der Waals surface area contributed by atoms with Crippen LogP contribution >= 0.6 is 0 Å². The Balaban J connectivity index is 0.000000510. The van der Waals surface area contributed by atoms with Crippen molar-refractivity contribution in [3.8, 4) is 0 Å². The Morgan fingerprint density at radius 2 is 1.52 bits per heavy atom. The zero-order valence-electron chi connectivity index (χ0n) is 18.8. The second-order valence-electron chi connectivity index (χ2n) is 6.27. The molecular formula is C23H32F3N3O2. The molecule has 31 heavy (non-hydrogen) atoms. The van der Waals surface area contributed by atoms with E-state index < -0.39 is 28.9 Å². The summed E-state index contributed by atoms with van der Waals surface area (Å²) >= 11 is 0. The monoisotopic (exact) mass is 439 g/mol. The Morgan fingerprint density at radius 1 is 1.00 bits per heavy atom. The van der Waals surface area contributed by atoms with Gasteiger partial charge in [-0.3, -0.25) is 14.6 Å². The third-order valence-corrected chi connectivity index (χ3v) is 4.26. The Bertz CT molecular complexity index is 786. The number of likely N-dealkylation sites (tertiary alicyclic amines) is 1. The number of aromatic nitrogens is 1. The number of carbonyl (C=O) groups is 2. The fraction of sp³-hybridized carbons (Fsp3) is 0.435. The summed E-state index contributed by atoms with van der Waals surface area (Å²) in [6.07, 6.45) is 3.61. The van der Waals surface area contributed by atoms with Gasteiger partial charge in [0.1, 0.15) is 28.7 Å². The lowest BCUT2D eigenvalue weighted by molar-refractivity contribution is 0.0851. The number of ketones is 1. The molecule has 0 radical (unpaired) electrons. The number of hydrogen-bond donors (Lipinski definition) is 1. The number of piperidine rings is 1. The molecule has 0 bridgehead atoms. The zero-order chi connectivity index (χ0) is 24.0. The smallest absolute Gasteiger partial charge is 0.254 e. The standard InChI is InChI=1S/C12H16N2O.C7H4F3NO.2C2H6/c1-14-8-5-10(6-9-14)12(15)11-4-2-3-7-13-11;8-3-1-4(9)6(7(11)12)5(10)2-3;2*1-2/h2-4,7,10H,5-6,8-9H2,1H3;1-2H,(H2,11,12);2*1-2H3. The van der Waals surface area contributed by atoms with E-state index in [1.807, 2.05) is 39.8 Å². The first-order chi connectivity index (χ1) is 14.8. The molecule has 0 aliphatic carbocycles. The molecule has 1 saturated heterocycles. The summed E-state index contributed by atoms with van der Waals surface area (Å²) in [6.45, 7) is 10.0. The number of halogens is 3. The van der Waals surface area contributed by atoms with Gasteiger partial charge in [-0.15, -0.1) is 0 Å². The molecule has 2 N–H and O–H groups in total. The van der Waals surface area contributed by atoms with E-state index in [9.17, 15) is 22.8 Å². The molecule has 1 aliphatic rings. The number of hydrogen-bond acceptors (Lipinski definition) is 4. The highest BCUT2D eigenvalue weighted by atomic mass is 19.1. The molecule has 0 atom stereocenters. The predicted molar refractivity (Wildman–Crippen MR) is 116 cm³/mol. The fourth-order valence-corrected chi connectivity index (χ4v) is 2.77. The summed E-state index contributed by atoms with van der Waals surface area (Å²) in [5, 5.41) is 0. The van der Waals surface area contributed by atoms with Crippen molar-refractivity contribution in [2.45, 2.75) is 40.5 Å². The maximum Gasteiger partial charge on any atom is 0.254 e. The van der Waals surface area contributed by atoms with Gasteiger partial charge in [-0.05, 0) is 45.1 Å².